The van der Waals surface area contributed by atoms with Crippen molar-refractivity contribution < 1.29 is 9.47 Å². The molecule has 0 saturated carbocycles. The lowest BCUT2D eigenvalue weighted by Crippen LogP contribution is -2.35. The maximum atomic E-state index is 6.13. The molecule has 24 heavy (non-hydrogen) atoms. The highest BCUT2D eigenvalue weighted by Crippen LogP contribution is 2.25. The van der Waals surface area contributed by atoms with E-state index in [0.717, 1.165) is 50.7 Å². The van der Waals surface area contributed by atoms with Crippen molar-refractivity contribution >= 4 is 0 Å². The predicted molar refractivity (Wildman–Crippen MR) is 95.2 cm³/mol. The average molecular weight is 326 g/mol. The van der Waals surface area contributed by atoms with Crippen molar-refractivity contribution in [2.75, 3.05) is 26.3 Å². The summed E-state index contributed by atoms with van der Waals surface area (Å²) in [6.45, 7) is 8.87. The predicted octanol–water partition coefficient (Wildman–Crippen LogP) is 3.75. The Morgan fingerprint density at radius 1 is 1.17 bits per heavy atom. The van der Waals surface area contributed by atoms with Gasteiger partial charge in [0, 0.05) is 31.4 Å². The monoisotopic (exact) mass is 326 g/mol. The van der Waals surface area contributed by atoms with E-state index >= 15 is 0 Å². The van der Waals surface area contributed by atoms with Crippen molar-refractivity contribution in [2.45, 2.75) is 32.9 Å². The second kappa shape index (κ2) is 8.27. The summed E-state index contributed by atoms with van der Waals surface area (Å²) in [5.74, 6) is 0.724. The maximum Gasteiger partial charge on any atom is 0.216 e. The van der Waals surface area contributed by atoms with Crippen molar-refractivity contribution in [3.63, 3.8) is 0 Å². The second-order valence-corrected chi connectivity index (χ2v) is 6.27. The van der Waals surface area contributed by atoms with Crippen LogP contribution in [0.2, 0.25) is 0 Å². The lowest BCUT2D eigenvalue weighted by molar-refractivity contribution is 0.0342. The molecule has 2 aromatic rings. The summed E-state index contributed by atoms with van der Waals surface area (Å²) in [6.07, 6.45) is 2.73. The first-order valence-electron chi connectivity index (χ1n) is 8.73. The Labute approximate surface area is 144 Å². The fourth-order valence-electron chi connectivity index (χ4n) is 2.97. The lowest BCUT2D eigenvalue weighted by Gasteiger charge is -2.26. The van der Waals surface area contributed by atoms with Crippen LogP contribution in [0.25, 0.3) is 0 Å². The highest BCUT2D eigenvalue weighted by molar-refractivity contribution is 5.27. The molecule has 1 aromatic heterocycles. The van der Waals surface area contributed by atoms with E-state index in [-0.39, 0.29) is 6.10 Å². The van der Waals surface area contributed by atoms with E-state index in [9.17, 15) is 0 Å². The SMILES string of the molecule is CCC(Oc1ncccc1C)c1ccc(CN2CCOCC2)cc1. The van der Waals surface area contributed by atoms with E-state index in [0.29, 0.717) is 0 Å². The van der Waals surface area contributed by atoms with Gasteiger partial charge in [-0.1, -0.05) is 37.3 Å². The fourth-order valence-corrected chi connectivity index (χ4v) is 2.97. The van der Waals surface area contributed by atoms with Crippen molar-refractivity contribution in [1.29, 1.82) is 0 Å². The van der Waals surface area contributed by atoms with Gasteiger partial charge in [-0.15, -0.1) is 0 Å². The normalized spacial score (nSPS) is 16.8. The topological polar surface area (TPSA) is 34.6 Å². The molecule has 0 amide bonds. The third-order valence-electron chi connectivity index (χ3n) is 4.45. The molecule has 0 bridgehead atoms. The molecule has 0 N–H and O–H groups in total. The molecule has 1 unspecified atom stereocenters. The number of aromatic nitrogens is 1. The molecule has 3 rings (SSSR count). The highest BCUT2D eigenvalue weighted by atomic mass is 16.5. The maximum absolute atomic E-state index is 6.13. The smallest absolute Gasteiger partial charge is 0.216 e. The van der Waals surface area contributed by atoms with E-state index in [4.69, 9.17) is 9.47 Å². The van der Waals surface area contributed by atoms with Gasteiger partial charge in [0.1, 0.15) is 6.10 Å². The Morgan fingerprint density at radius 3 is 2.58 bits per heavy atom. The Balaban J connectivity index is 1.65. The largest absolute Gasteiger partial charge is 0.469 e. The molecule has 0 radical (unpaired) electrons. The molecule has 1 aliphatic heterocycles. The summed E-state index contributed by atoms with van der Waals surface area (Å²) in [5.41, 5.74) is 3.61. The molecule has 1 fully saturated rings. The van der Waals surface area contributed by atoms with Gasteiger partial charge < -0.3 is 9.47 Å². The zero-order valence-electron chi connectivity index (χ0n) is 14.6. The summed E-state index contributed by atoms with van der Waals surface area (Å²) in [5, 5.41) is 0. The highest BCUT2D eigenvalue weighted by Gasteiger charge is 2.14. The van der Waals surface area contributed by atoms with Crippen molar-refractivity contribution in [2.24, 2.45) is 0 Å². The minimum atomic E-state index is 0.0380. The van der Waals surface area contributed by atoms with Crippen molar-refractivity contribution in [3.05, 3.63) is 59.3 Å². The summed E-state index contributed by atoms with van der Waals surface area (Å²) in [7, 11) is 0. The zero-order valence-corrected chi connectivity index (χ0v) is 14.6. The van der Waals surface area contributed by atoms with Gasteiger partial charge in [0.15, 0.2) is 0 Å². The van der Waals surface area contributed by atoms with Crippen LogP contribution in [-0.4, -0.2) is 36.2 Å². The number of benzene rings is 1. The number of nitrogens with zero attached hydrogens (tertiary/aromatic N) is 2. The molecule has 2 heterocycles. The number of hydrogen-bond acceptors (Lipinski definition) is 4. The van der Waals surface area contributed by atoms with E-state index in [1.807, 2.05) is 19.1 Å². The molecule has 1 atom stereocenters. The molecule has 0 aliphatic carbocycles. The Kier molecular flexibility index (Phi) is 5.83. The molecule has 1 saturated heterocycles. The quantitative estimate of drug-likeness (QED) is 0.810. The van der Waals surface area contributed by atoms with Crippen LogP contribution >= 0.6 is 0 Å². The summed E-state index contributed by atoms with van der Waals surface area (Å²) < 4.78 is 11.5. The number of aryl methyl sites for hydroxylation is 1. The van der Waals surface area contributed by atoms with E-state index < -0.39 is 0 Å². The Morgan fingerprint density at radius 2 is 1.92 bits per heavy atom. The van der Waals surface area contributed by atoms with Crippen LogP contribution in [0.1, 0.15) is 36.1 Å². The van der Waals surface area contributed by atoms with Gasteiger partial charge in [-0.3, -0.25) is 4.90 Å². The molecule has 1 aromatic carbocycles. The molecule has 0 spiro atoms. The minimum absolute atomic E-state index is 0.0380. The third kappa shape index (κ3) is 4.34. The first kappa shape index (κ1) is 16.9. The fraction of sp³-hybridized carbons (Fsp3) is 0.450. The number of morpholine rings is 1. The minimum Gasteiger partial charge on any atom is -0.469 e. The molecule has 4 heteroatoms. The first-order valence-corrected chi connectivity index (χ1v) is 8.73. The number of pyridine rings is 1. The van der Waals surface area contributed by atoms with Gasteiger partial charge in [0.25, 0.3) is 0 Å². The molecule has 1 aliphatic rings. The van der Waals surface area contributed by atoms with Crippen LogP contribution in [0.4, 0.5) is 0 Å². The van der Waals surface area contributed by atoms with Gasteiger partial charge in [0.05, 0.1) is 13.2 Å². The van der Waals surface area contributed by atoms with Gasteiger partial charge >= 0.3 is 0 Å². The van der Waals surface area contributed by atoms with Crippen molar-refractivity contribution in [1.82, 2.24) is 9.88 Å². The summed E-state index contributed by atoms with van der Waals surface area (Å²) in [6, 6.07) is 12.7. The van der Waals surface area contributed by atoms with Crippen LogP contribution in [0.15, 0.2) is 42.6 Å². The van der Waals surface area contributed by atoms with Crippen LogP contribution in [-0.2, 0) is 11.3 Å². The number of hydrogen-bond donors (Lipinski definition) is 0. The third-order valence-corrected chi connectivity index (χ3v) is 4.45. The van der Waals surface area contributed by atoms with E-state index in [2.05, 4.69) is 41.1 Å². The molecule has 128 valence electrons. The summed E-state index contributed by atoms with van der Waals surface area (Å²) in [4.78, 5) is 6.78. The van der Waals surface area contributed by atoms with Gasteiger partial charge in [-0.25, -0.2) is 4.98 Å². The first-order chi connectivity index (χ1) is 11.8. The van der Waals surface area contributed by atoms with Crippen LogP contribution < -0.4 is 4.74 Å². The van der Waals surface area contributed by atoms with Gasteiger partial charge in [-0.2, -0.15) is 0 Å². The Hall–Kier alpha value is -1.91. The van der Waals surface area contributed by atoms with Crippen LogP contribution in [0.3, 0.4) is 0 Å². The lowest BCUT2D eigenvalue weighted by atomic mass is 10.0. The average Bonchev–Trinajstić information content (AvgIpc) is 2.63. The Bertz CT molecular complexity index is 636. The van der Waals surface area contributed by atoms with Gasteiger partial charge in [-0.05, 0) is 30.5 Å². The molecular formula is C20H26N2O2. The van der Waals surface area contributed by atoms with Crippen LogP contribution in [0.5, 0.6) is 5.88 Å². The number of rotatable bonds is 6. The van der Waals surface area contributed by atoms with Crippen LogP contribution in [0, 0.1) is 6.92 Å². The molecule has 4 nitrogen and oxygen atoms in total. The standard InChI is InChI=1S/C20H26N2O2/c1-3-19(24-20-16(2)5-4-10-21-20)18-8-6-17(7-9-18)15-22-11-13-23-14-12-22/h4-10,19H,3,11-15H2,1-2H3. The number of ether oxygens (including phenoxy) is 2. The second-order valence-electron chi connectivity index (χ2n) is 6.27. The molecular weight excluding hydrogens is 300 g/mol. The van der Waals surface area contributed by atoms with Crippen molar-refractivity contribution in [3.8, 4) is 5.88 Å². The zero-order chi connectivity index (χ0) is 16.8. The van der Waals surface area contributed by atoms with E-state index in [1.54, 1.807) is 6.20 Å². The van der Waals surface area contributed by atoms with Gasteiger partial charge in [0.2, 0.25) is 5.88 Å². The summed E-state index contributed by atoms with van der Waals surface area (Å²) >= 11 is 0. The van der Waals surface area contributed by atoms with E-state index in [1.165, 1.54) is 11.1 Å².